The van der Waals surface area contributed by atoms with Gasteiger partial charge in [0.15, 0.2) is 0 Å². The normalized spacial score (nSPS) is 18.8. The molecule has 1 fully saturated rings. The molecule has 0 spiro atoms. The van der Waals surface area contributed by atoms with Crippen LogP contribution in [0.3, 0.4) is 0 Å². The van der Waals surface area contributed by atoms with Crippen LogP contribution in [-0.4, -0.2) is 55.1 Å². The molecule has 0 aliphatic carbocycles. The lowest BCUT2D eigenvalue weighted by Gasteiger charge is -2.34. The Morgan fingerprint density at radius 3 is 2.50 bits per heavy atom. The second kappa shape index (κ2) is 8.43. The Bertz CT molecular complexity index is 721. The van der Waals surface area contributed by atoms with Crippen molar-refractivity contribution in [3.8, 4) is 0 Å². The summed E-state index contributed by atoms with van der Waals surface area (Å²) < 4.78 is 18.9. The van der Waals surface area contributed by atoms with E-state index in [0.29, 0.717) is 26.2 Å². The first-order valence-corrected chi connectivity index (χ1v) is 8.94. The molecule has 0 saturated carbocycles. The first-order chi connectivity index (χ1) is 12.5. The zero-order valence-corrected chi connectivity index (χ0v) is 15.3. The fourth-order valence-electron chi connectivity index (χ4n) is 3.43. The van der Waals surface area contributed by atoms with E-state index in [4.69, 9.17) is 4.74 Å². The summed E-state index contributed by atoms with van der Waals surface area (Å²) in [6.45, 7) is 4.11. The number of ether oxygens (including phenoxy) is 1. The van der Waals surface area contributed by atoms with Gasteiger partial charge in [0, 0.05) is 13.1 Å². The number of carbonyl (C=O) groups excluding carboxylic acids is 1. The predicted molar refractivity (Wildman–Crippen MR) is 99.3 cm³/mol. The van der Waals surface area contributed by atoms with Crippen LogP contribution in [0.1, 0.15) is 24.1 Å². The molecular formula is C21H25FN2O2. The van der Waals surface area contributed by atoms with Gasteiger partial charge in [-0.3, -0.25) is 9.69 Å². The molecule has 2 atom stereocenters. The summed E-state index contributed by atoms with van der Waals surface area (Å²) in [6, 6.07) is 16.4. The van der Waals surface area contributed by atoms with Gasteiger partial charge in [0.25, 0.3) is 0 Å². The van der Waals surface area contributed by atoms with Crippen molar-refractivity contribution in [2.24, 2.45) is 0 Å². The monoisotopic (exact) mass is 356 g/mol. The summed E-state index contributed by atoms with van der Waals surface area (Å²) in [4.78, 5) is 16.6. The van der Waals surface area contributed by atoms with Crippen molar-refractivity contribution in [2.75, 3.05) is 33.3 Å². The number of halogens is 1. The highest BCUT2D eigenvalue weighted by molar-refractivity contribution is 5.78. The van der Waals surface area contributed by atoms with Crippen molar-refractivity contribution < 1.29 is 13.9 Å². The van der Waals surface area contributed by atoms with E-state index in [0.717, 1.165) is 11.1 Å². The topological polar surface area (TPSA) is 32.8 Å². The van der Waals surface area contributed by atoms with Gasteiger partial charge in [-0.1, -0.05) is 42.5 Å². The maximum Gasteiger partial charge on any atom is 0.236 e. The third-order valence-electron chi connectivity index (χ3n) is 4.72. The van der Waals surface area contributed by atoms with Gasteiger partial charge < -0.3 is 9.64 Å². The SMILES string of the molecule is C[C@@H]1CN(C(=O)CN(C)[C@@H](c2ccccc2)c2ccc(F)cc2)CCO1. The maximum atomic E-state index is 13.4. The van der Waals surface area contributed by atoms with E-state index in [-0.39, 0.29) is 23.9 Å². The zero-order chi connectivity index (χ0) is 18.5. The van der Waals surface area contributed by atoms with E-state index in [1.54, 1.807) is 12.1 Å². The van der Waals surface area contributed by atoms with Crippen molar-refractivity contribution in [3.05, 3.63) is 71.5 Å². The highest BCUT2D eigenvalue weighted by Crippen LogP contribution is 2.27. The van der Waals surface area contributed by atoms with Gasteiger partial charge >= 0.3 is 0 Å². The van der Waals surface area contributed by atoms with Crippen molar-refractivity contribution in [1.29, 1.82) is 0 Å². The minimum absolute atomic E-state index is 0.0695. The minimum Gasteiger partial charge on any atom is -0.375 e. The molecule has 0 N–H and O–H groups in total. The van der Waals surface area contributed by atoms with Crippen LogP contribution in [0.2, 0.25) is 0 Å². The lowest BCUT2D eigenvalue weighted by molar-refractivity contribution is -0.139. The first kappa shape index (κ1) is 18.5. The van der Waals surface area contributed by atoms with E-state index < -0.39 is 0 Å². The Labute approximate surface area is 154 Å². The van der Waals surface area contributed by atoms with Crippen LogP contribution >= 0.6 is 0 Å². The minimum atomic E-state index is -0.262. The Morgan fingerprint density at radius 2 is 1.85 bits per heavy atom. The van der Waals surface area contributed by atoms with Gasteiger partial charge in [0.1, 0.15) is 5.82 Å². The summed E-state index contributed by atoms with van der Waals surface area (Å²) in [7, 11) is 1.93. The molecule has 1 aliphatic heterocycles. The van der Waals surface area contributed by atoms with Gasteiger partial charge in [0.05, 0.1) is 25.3 Å². The van der Waals surface area contributed by atoms with Crippen LogP contribution < -0.4 is 0 Å². The van der Waals surface area contributed by atoms with Gasteiger partial charge in [-0.25, -0.2) is 4.39 Å². The fourth-order valence-corrected chi connectivity index (χ4v) is 3.43. The number of carbonyl (C=O) groups is 1. The number of rotatable bonds is 5. The van der Waals surface area contributed by atoms with Crippen molar-refractivity contribution in [3.63, 3.8) is 0 Å². The smallest absolute Gasteiger partial charge is 0.236 e. The van der Waals surface area contributed by atoms with E-state index in [1.165, 1.54) is 12.1 Å². The Hall–Kier alpha value is -2.24. The molecule has 26 heavy (non-hydrogen) atoms. The standard InChI is InChI=1S/C21H25FN2O2/c1-16-14-24(12-13-26-16)20(25)15-23(2)21(17-6-4-3-5-7-17)18-8-10-19(22)11-9-18/h3-11,16,21H,12-15H2,1-2H3/t16-,21+/m1/s1. The second-order valence-corrected chi connectivity index (χ2v) is 6.80. The average Bonchev–Trinajstić information content (AvgIpc) is 2.64. The van der Waals surface area contributed by atoms with Crippen molar-refractivity contribution in [2.45, 2.75) is 19.1 Å². The summed E-state index contributed by atoms with van der Waals surface area (Å²) in [6.07, 6.45) is 0.0695. The number of morpholine rings is 1. The van der Waals surface area contributed by atoms with Crippen molar-refractivity contribution >= 4 is 5.91 Å². The lowest BCUT2D eigenvalue weighted by atomic mass is 9.97. The highest BCUT2D eigenvalue weighted by Gasteiger charge is 2.26. The first-order valence-electron chi connectivity index (χ1n) is 8.94. The Balaban J connectivity index is 1.80. The van der Waals surface area contributed by atoms with Gasteiger partial charge in [-0.2, -0.15) is 0 Å². The molecule has 1 saturated heterocycles. The molecule has 1 heterocycles. The molecule has 3 rings (SSSR count). The summed E-state index contributed by atoms with van der Waals surface area (Å²) in [5, 5.41) is 0. The Morgan fingerprint density at radius 1 is 1.19 bits per heavy atom. The van der Waals surface area contributed by atoms with Crippen LogP contribution in [0.4, 0.5) is 4.39 Å². The number of likely N-dealkylation sites (N-methyl/N-ethyl adjacent to an activating group) is 1. The molecule has 1 amide bonds. The highest BCUT2D eigenvalue weighted by atomic mass is 19.1. The maximum absolute atomic E-state index is 13.4. The zero-order valence-electron chi connectivity index (χ0n) is 15.3. The largest absolute Gasteiger partial charge is 0.375 e. The Kier molecular flexibility index (Phi) is 6.01. The molecular weight excluding hydrogens is 331 g/mol. The molecule has 138 valence electrons. The van der Waals surface area contributed by atoms with Crippen LogP contribution in [0.25, 0.3) is 0 Å². The molecule has 0 aromatic heterocycles. The fraction of sp³-hybridized carbons (Fsp3) is 0.381. The van der Waals surface area contributed by atoms with Gasteiger partial charge in [0.2, 0.25) is 5.91 Å². The number of benzene rings is 2. The summed E-state index contributed by atoms with van der Waals surface area (Å²) in [5.74, 6) is -0.174. The van der Waals surface area contributed by atoms with E-state index in [1.807, 2.05) is 54.1 Å². The number of hydrogen-bond donors (Lipinski definition) is 0. The summed E-state index contributed by atoms with van der Waals surface area (Å²) >= 11 is 0. The average molecular weight is 356 g/mol. The third-order valence-corrected chi connectivity index (χ3v) is 4.72. The number of amides is 1. The molecule has 4 nitrogen and oxygen atoms in total. The van der Waals surface area contributed by atoms with Crippen LogP contribution in [-0.2, 0) is 9.53 Å². The molecule has 2 aromatic rings. The lowest BCUT2D eigenvalue weighted by Crippen LogP contribution is -2.48. The quantitative estimate of drug-likeness (QED) is 0.825. The molecule has 1 aliphatic rings. The summed E-state index contributed by atoms with van der Waals surface area (Å²) in [5.41, 5.74) is 2.04. The van der Waals surface area contributed by atoms with E-state index >= 15 is 0 Å². The molecule has 5 heteroatoms. The van der Waals surface area contributed by atoms with Crippen LogP contribution in [0, 0.1) is 5.82 Å². The van der Waals surface area contributed by atoms with Crippen molar-refractivity contribution in [1.82, 2.24) is 9.80 Å². The van der Waals surface area contributed by atoms with E-state index in [2.05, 4.69) is 0 Å². The second-order valence-electron chi connectivity index (χ2n) is 6.80. The number of nitrogens with zero attached hydrogens (tertiary/aromatic N) is 2. The van der Waals surface area contributed by atoms with Gasteiger partial charge in [-0.05, 0) is 37.2 Å². The van der Waals surface area contributed by atoms with Crippen LogP contribution in [0.15, 0.2) is 54.6 Å². The van der Waals surface area contributed by atoms with Gasteiger partial charge in [-0.15, -0.1) is 0 Å². The van der Waals surface area contributed by atoms with Crippen LogP contribution in [0.5, 0.6) is 0 Å². The predicted octanol–water partition coefficient (Wildman–Crippen LogP) is 3.09. The molecule has 2 aromatic carbocycles. The molecule has 0 bridgehead atoms. The number of hydrogen-bond acceptors (Lipinski definition) is 3. The third kappa shape index (κ3) is 4.48. The molecule has 0 radical (unpaired) electrons. The van der Waals surface area contributed by atoms with E-state index in [9.17, 15) is 9.18 Å². The molecule has 0 unspecified atom stereocenters.